The lowest BCUT2D eigenvalue weighted by Crippen LogP contribution is -2.18. The van der Waals surface area contributed by atoms with Crippen LogP contribution in [0.25, 0.3) is 0 Å². The van der Waals surface area contributed by atoms with Crippen LogP contribution in [0.2, 0.25) is 0 Å². The summed E-state index contributed by atoms with van der Waals surface area (Å²) < 4.78 is 11.3. The summed E-state index contributed by atoms with van der Waals surface area (Å²) in [5.41, 5.74) is 3.32. The zero-order valence-electron chi connectivity index (χ0n) is 18.3. The number of nitro groups is 2. The third kappa shape index (κ3) is 5.91. The number of nitro benzene ring substituents is 2. The van der Waals surface area contributed by atoms with E-state index in [1.807, 2.05) is 31.2 Å². The van der Waals surface area contributed by atoms with Crippen molar-refractivity contribution in [2.45, 2.75) is 13.5 Å². The van der Waals surface area contributed by atoms with Gasteiger partial charge in [-0.3, -0.25) is 25.0 Å². The molecule has 174 valence electrons. The molecule has 11 nitrogen and oxygen atoms in total. The summed E-state index contributed by atoms with van der Waals surface area (Å²) in [7, 11) is 1.49. The maximum atomic E-state index is 12.4. The molecule has 0 aliphatic rings. The van der Waals surface area contributed by atoms with Gasteiger partial charge in [0.15, 0.2) is 11.5 Å². The minimum absolute atomic E-state index is 0.270. The molecule has 3 aromatic rings. The number of hydrogen-bond donors (Lipinski definition) is 1. The van der Waals surface area contributed by atoms with Crippen LogP contribution in [0, 0.1) is 27.2 Å². The summed E-state index contributed by atoms with van der Waals surface area (Å²) in [6.45, 7) is 2.25. The Bertz CT molecular complexity index is 1240. The van der Waals surface area contributed by atoms with Gasteiger partial charge in [-0.2, -0.15) is 5.10 Å². The van der Waals surface area contributed by atoms with E-state index >= 15 is 0 Å². The van der Waals surface area contributed by atoms with E-state index in [1.165, 1.54) is 13.3 Å². The molecule has 0 radical (unpaired) electrons. The number of methoxy groups -OCH3 is 1. The van der Waals surface area contributed by atoms with Crippen molar-refractivity contribution in [3.05, 3.63) is 103 Å². The van der Waals surface area contributed by atoms with E-state index in [0.717, 1.165) is 29.3 Å². The number of carbonyl (C=O) groups is 1. The van der Waals surface area contributed by atoms with Crippen molar-refractivity contribution in [3.8, 4) is 11.5 Å². The molecule has 0 heterocycles. The van der Waals surface area contributed by atoms with Crippen molar-refractivity contribution in [1.29, 1.82) is 0 Å². The van der Waals surface area contributed by atoms with Crippen molar-refractivity contribution < 1.29 is 24.1 Å². The van der Waals surface area contributed by atoms with E-state index in [1.54, 1.807) is 18.2 Å². The molecule has 11 heteroatoms. The second kappa shape index (κ2) is 10.7. The lowest BCUT2D eigenvalue weighted by molar-refractivity contribution is -0.394. The first-order valence-corrected chi connectivity index (χ1v) is 9.91. The van der Waals surface area contributed by atoms with Gasteiger partial charge in [-0.05, 0) is 24.6 Å². The highest BCUT2D eigenvalue weighted by Crippen LogP contribution is 2.31. The van der Waals surface area contributed by atoms with Crippen molar-refractivity contribution in [1.82, 2.24) is 5.43 Å². The van der Waals surface area contributed by atoms with Gasteiger partial charge in [0.25, 0.3) is 17.3 Å². The Morgan fingerprint density at radius 1 is 1.03 bits per heavy atom. The molecule has 0 saturated heterocycles. The monoisotopic (exact) mass is 464 g/mol. The Labute approximate surface area is 193 Å². The summed E-state index contributed by atoms with van der Waals surface area (Å²) in [5, 5.41) is 25.9. The Morgan fingerprint density at radius 2 is 1.71 bits per heavy atom. The lowest BCUT2D eigenvalue weighted by atomic mass is 10.1. The number of rotatable bonds is 9. The quantitative estimate of drug-likeness (QED) is 0.284. The van der Waals surface area contributed by atoms with Crippen LogP contribution >= 0.6 is 0 Å². The number of nitrogens with zero attached hydrogens (tertiary/aromatic N) is 3. The Balaban J connectivity index is 1.80. The molecule has 34 heavy (non-hydrogen) atoms. The molecule has 0 spiro atoms. The fourth-order valence-electron chi connectivity index (χ4n) is 3.07. The predicted molar refractivity (Wildman–Crippen MR) is 123 cm³/mol. The number of para-hydroxylation sites is 1. The van der Waals surface area contributed by atoms with Crippen molar-refractivity contribution in [2.75, 3.05) is 7.11 Å². The Hall–Kier alpha value is -4.80. The predicted octanol–water partition coefficient (Wildman–Crippen LogP) is 4.16. The highest BCUT2D eigenvalue weighted by atomic mass is 16.6. The summed E-state index contributed by atoms with van der Waals surface area (Å²) in [6.07, 6.45) is 1.32. The molecule has 3 aromatic carbocycles. The number of amides is 1. The first kappa shape index (κ1) is 23.9. The van der Waals surface area contributed by atoms with Crippen molar-refractivity contribution in [3.63, 3.8) is 0 Å². The van der Waals surface area contributed by atoms with Gasteiger partial charge < -0.3 is 9.47 Å². The molecule has 0 aromatic heterocycles. The maximum Gasteiger partial charge on any atom is 0.277 e. The summed E-state index contributed by atoms with van der Waals surface area (Å²) in [6, 6.07) is 15.6. The van der Waals surface area contributed by atoms with Gasteiger partial charge in [0, 0.05) is 17.7 Å². The molecule has 0 aliphatic heterocycles. The number of aryl methyl sites for hydroxylation is 1. The molecule has 0 fully saturated rings. The van der Waals surface area contributed by atoms with Gasteiger partial charge >= 0.3 is 0 Å². The van der Waals surface area contributed by atoms with Crippen LogP contribution in [0.4, 0.5) is 11.4 Å². The smallest absolute Gasteiger partial charge is 0.277 e. The van der Waals surface area contributed by atoms with Crippen LogP contribution in [0.5, 0.6) is 11.5 Å². The van der Waals surface area contributed by atoms with Gasteiger partial charge in [0.05, 0.1) is 34.8 Å². The zero-order valence-corrected chi connectivity index (χ0v) is 18.3. The first-order valence-electron chi connectivity index (χ1n) is 9.91. The van der Waals surface area contributed by atoms with Crippen LogP contribution in [0.1, 0.15) is 27.0 Å². The summed E-state index contributed by atoms with van der Waals surface area (Å²) >= 11 is 0. The Morgan fingerprint density at radius 3 is 2.32 bits per heavy atom. The molecular weight excluding hydrogens is 444 g/mol. The van der Waals surface area contributed by atoms with E-state index in [9.17, 15) is 25.0 Å². The third-order valence-corrected chi connectivity index (χ3v) is 4.65. The molecule has 1 amide bonds. The highest BCUT2D eigenvalue weighted by molar-refractivity contribution is 5.96. The minimum atomic E-state index is -0.854. The number of carbonyl (C=O) groups excluding carboxylic acids is 1. The van der Waals surface area contributed by atoms with Crippen LogP contribution in [-0.2, 0) is 6.61 Å². The average molecular weight is 464 g/mol. The number of nitrogens with one attached hydrogen (secondary N) is 1. The largest absolute Gasteiger partial charge is 0.493 e. The van der Waals surface area contributed by atoms with Crippen LogP contribution in [-0.4, -0.2) is 29.1 Å². The van der Waals surface area contributed by atoms with Crippen LogP contribution in [0.3, 0.4) is 0 Å². The number of hydrogen-bond acceptors (Lipinski definition) is 8. The maximum absolute atomic E-state index is 12.4. The number of non-ortho nitro benzene ring substituents is 2. The first-order chi connectivity index (χ1) is 16.3. The lowest BCUT2D eigenvalue weighted by Gasteiger charge is -2.13. The second-order valence-electron chi connectivity index (χ2n) is 7.11. The average Bonchev–Trinajstić information content (AvgIpc) is 2.82. The molecule has 0 atom stereocenters. The highest BCUT2D eigenvalue weighted by Gasteiger charge is 2.19. The van der Waals surface area contributed by atoms with Crippen LogP contribution in [0.15, 0.2) is 65.8 Å². The molecule has 3 rings (SSSR count). The molecule has 0 aliphatic carbocycles. The Kier molecular flexibility index (Phi) is 7.49. The zero-order chi connectivity index (χ0) is 24.7. The number of hydrazone groups is 1. The fourth-order valence-corrected chi connectivity index (χ4v) is 3.07. The SMILES string of the molecule is COc1cccc(/C=N/NC(=O)c2cc([N+](=O)[O-])cc([N+](=O)[O-])c2)c1OCc1cccc(C)c1. The van der Waals surface area contributed by atoms with Crippen LogP contribution < -0.4 is 14.9 Å². The molecular formula is C23H20N4O7. The molecule has 0 bridgehead atoms. The second-order valence-corrected chi connectivity index (χ2v) is 7.11. The number of ether oxygens (including phenoxy) is 2. The summed E-state index contributed by atoms with van der Waals surface area (Å²) in [5.74, 6) is 0.000839. The fraction of sp³-hybridized carbons (Fsp3) is 0.130. The van der Waals surface area contributed by atoms with E-state index in [4.69, 9.17) is 9.47 Å². The van der Waals surface area contributed by atoms with E-state index < -0.39 is 27.1 Å². The van der Waals surface area contributed by atoms with Gasteiger partial charge in [-0.1, -0.05) is 35.9 Å². The summed E-state index contributed by atoms with van der Waals surface area (Å²) in [4.78, 5) is 32.8. The normalized spacial score (nSPS) is 10.6. The van der Waals surface area contributed by atoms with Crippen molar-refractivity contribution in [2.24, 2.45) is 5.10 Å². The van der Waals surface area contributed by atoms with Gasteiger partial charge in [0.1, 0.15) is 6.61 Å². The van der Waals surface area contributed by atoms with Gasteiger partial charge in [-0.15, -0.1) is 0 Å². The standard InChI is InChI=1S/C23H20N4O7/c1-15-5-3-6-16(9-15)14-34-22-17(7-4-8-21(22)33-2)13-24-25-23(28)18-10-19(26(29)30)12-20(11-18)27(31)32/h3-13H,14H2,1-2H3,(H,25,28)/b24-13+. The topological polar surface area (TPSA) is 146 Å². The molecule has 0 unspecified atom stereocenters. The molecule has 0 saturated carbocycles. The minimum Gasteiger partial charge on any atom is -0.493 e. The van der Waals surface area contributed by atoms with Crippen molar-refractivity contribution >= 4 is 23.5 Å². The van der Waals surface area contributed by atoms with Gasteiger partial charge in [0.2, 0.25) is 0 Å². The third-order valence-electron chi connectivity index (χ3n) is 4.65. The van der Waals surface area contributed by atoms with E-state index in [2.05, 4.69) is 10.5 Å². The van der Waals surface area contributed by atoms with E-state index in [0.29, 0.717) is 17.1 Å². The van der Waals surface area contributed by atoms with E-state index in [-0.39, 0.29) is 12.2 Å². The molecule has 1 N–H and O–H groups in total. The number of benzene rings is 3. The van der Waals surface area contributed by atoms with Gasteiger partial charge in [-0.25, -0.2) is 5.43 Å².